The van der Waals surface area contributed by atoms with Crippen molar-refractivity contribution in [3.63, 3.8) is 0 Å². The Kier molecular flexibility index (Phi) is 4.78. The second kappa shape index (κ2) is 6.10. The third-order valence-corrected chi connectivity index (χ3v) is 2.52. The van der Waals surface area contributed by atoms with Gasteiger partial charge in [-0.2, -0.15) is 0 Å². The number of nitrogen functional groups attached to an aromatic ring is 1. The van der Waals surface area contributed by atoms with Crippen LogP contribution >= 0.6 is 0 Å². The Labute approximate surface area is 101 Å². The number of carbonyl (C=O) groups excluding carboxylic acids is 1. The molecule has 1 aromatic carbocycles. The number of anilines is 1. The van der Waals surface area contributed by atoms with Gasteiger partial charge < -0.3 is 20.5 Å². The Bertz CT molecular complexity index is 393. The van der Waals surface area contributed by atoms with Gasteiger partial charge in [-0.3, -0.25) is 4.79 Å². The SMILES string of the molecule is CCN(CCO)C(=O)c1cccc(N)c1OC. The van der Waals surface area contributed by atoms with E-state index in [0.717, 1.165) is 0 Å². The Morgan fingerprint density at radius 1 is 1.53 bits per heavy atom. The predicted molar refractivity (Wildman–Crippen MR) is 66.1 cm³/mol. The van der Waals surface area contributed by atoms with Crippen LogP contribution in [0.5, 0.6) is 5.75 Å². The second-order valence-corrected chi connectivity index (χ2v) is 3.54. The Hall–Kier alpha value is -1.75. The summed E-state index contributed by atoms with van der Waals surface area (Å²) in [6, 6.07) is 5.05. The minimum Gasteiger partial charge on any atom is -0.494 e. The van der Waals surface area contributed by atoms with E-state index in [1.54, 1.807) is 18.2 Å². The minimum atomic E-state index is -0.189. The first kappa shape index (κ1) is 13.3. The van der Waals surface area contributed by atoms with Crippen molar-refractivity contribution < 1.29 is 14.6 Å². The molecule has 0 aliphatic carbocycles. The van der Waals surface area contributed by atoms with E-state index >= 15 is 0 Å². The van der Waals surface area contributed by atoms with Gasteiger partial charge in [0, 0.05) is 13.1 Å². The molecule has 0 heterocycles. The molecule has 0 spiro atoms. The fraction of sp³-hybridized carbons (Fsp3) is 0.417. The maximum absolute atomic E-state index is 12.2. The number of ether oxygens (including phenoxy) is 1. The summed E-state index contributed by atoms with van der Waals surface area (Å²) < 4.78 is 5.14. The average Bonchev–Trinajstić information content (AvgIpc) is 2.34. The first-order valence-electron chi connectivity index (χ1n) is 5.48. The summed E-state index contributed by atoms with van der Waals surface area (Å²) in [7, 11) is 1.48. The van der Waals surface area contributed by atoms with Crippen molar-refractivity contribution in [2.45, 2.75) is 6.92 Å². The molecular weight excluding hydrogens is 220 g/mol. The third-order valence-electron chi connectivity index (χ3n) is 2.52. The molecule has 0 saturated carbocycles. The minimum absolute atomic E-state index is 0.0653. The lowest BCUT2D eigenvalue weighted by Gasteiger charge is -2.21. The Morgan fingerprint density at radius 2 is 2.24 bits per heavy atom. The van der Waals surface area contributed by atoms with Crippen LogP contribution in [0.25, 0.3) is 0 Å². The van der Waals surface area contributed by atoms with Gasteiger partial charge in [0.15, 0.2) is 5.75 Å². The first-order valence-corrected chi connectivity index (χ1v) is 5.48. The number of amides is 1. The van der Waals surface area contributed by atoms with Crippen LogP contribution in [-0.4, -0.2) is 42.7 Å². The molecule has 1 amide bonds. The number of hydrogen-bond donors (Lipinski definition) is 2. The van der Waals surface area contributed by atoms with E-state index in [-0.39, 0.29) is 12.5 Å². The quantitative estimate of drug-likeness (QED) is 0.741. The topological polar surface area (TPSA) is 75.8 Å². The lowest BCUT2D eigenvalue weighted by atomic mass is 10.1. The van der Waals surface area contributed by atoms with E-state index in [1.165, 1.54) is 12.0 Å². The highest BCUT2D eigenvalue weighted by molar-refractivity contribution is 5.98. The smallest absolute Gasteiger partial charge is 0.257 e. The summed E-state index contributed by atoms with van der Waals surface area (Å²) in [6.45, 7) is 2.61. The van der Waals surface area contributed by atoms with Crippen LogP contribution in [0.4, 0.5) is 5.69 Å². The standard InChI is InChI=1S/C12H18N2O3/c1-3-14(7-8-15)12(16)9-5-4-6-10(13)11(9)17-2/h4-6,15H,3,7-8,13H2,1-2H3. The van der Waals surface area contributed by atoms with Crippen molar-refractivity contribution >= 4 is 11.6 Å². The molecule has 0 aliphatic rings. The van der Waals surface area contributed by atoms with Crippen molar-refractivity contribution in [2.75, 3.05) is 32.5 Å². The van der Waals surface area contributed by atoms with Crippen LogP contribution in [0.1, 0.15) is 17.3 Å². The zero-order valence-electron chi connectivity index (χ0n) is 10.1. The molecule has 0 aromatic heterocycles. The zero-order valence-corrected chi connectivity index (χ0v) is 10.1. The molecule has 0 bridgehead atoms. The molecule has 0 radical (unpaired) electrons. The highest BCUT2D eigenvalue weighted by Crippen LogP contribution is 2.26. The molecule has 5 heteroatoms. The predicted octanol–water partition coefficient (Wildman–Crippen LogP) is 0.732. The number of benzene rings is 1. The van der Waals surface area contributed by atoms with Crippen LogP contribution < -0.4 is 10.5 Å². The number of likely N-dealkylation sites (N-methyl/N-ethyl adjacent to an activating group) is 1. The molecular formula is C12H18N2O3. The van der Waals surface area contributed by atoms with Crippen LogP contribution in [0.15, 0.2) is 18.2 Å². The maximum atomic E-state index is 12.2. The van der Waals surface area contributed by atoms with E-state index in [0.29, 0.717) is 30.1 Å². The summed E-state index contributed by atoms with van der Waals surface area (Å²) in [5.41, 5.74) is 6.59. The van der Waals surface area contributed by atoms with E-state index in [9.17, 15) is 4.79 Å². The van der Waals surface area contributed by atoms with Crippen LogP contribution in [0.3, 0.4) is 0 Å². The van der Waals surface area contributed by atoms with Crippen LogP contribution in [0.2, 0.25) is 0 Å². The number of rotatable bonds is 5. The largest absolute Gasteiger partial charge is 0.494 e. The molecule has 5 nitrogen and oxygen atoms in total. The van der Waals surface area contributed by atoms with E-state index in [2.05, 4.69) is 0 Å². The van der Waals surface area contributed by atoms with Gasteiger partial charge in [-0.15, -0.1) is 0 Å². The van der Waals surface area contributed by atoms with Crippen molar-refractivity contribution in [1.82, 2.24) is 4.90 Å². The van der Waals surface area contributed by atoms with Crippen molar-refractivity contribution in [1.29, 1.82) is 0 Å². The number of nitrogens with zero attached hydrogens (tertiary/aromatic N) is 1. The lowest BCUT2D eigenvalue weighted by molar-refractivity contribution is 0.0728. The molecule has 1 aromatic rings. The molecule has 17 heavy (non-hydrogen) atoms. The first-order chi connectivity index (χ1) is 8.15. The van der Waals surface area contributed by atoms with Gasteiger partial charge in [-0.05, 0) is 19.1 Å². The van der Waals surface area contributed by atoms with Gasteiger partial charge in [0.2, 0.25) is 0 Å². The summed E-state index contributed by atoms with van der Waals surface area (Å²) in [5.74, 6) is 0.194. The Morgan fingerprint density at radius 3 is 2.76 bits per heavy atom. The number of carbonyl (C=O) groups is 1. The summed E-state index contributed by atoms with van der Waals surface area (Å²) in [4.78, 5) is 13.7. The number of para-hydroxylation sites is 1. The van der Waals surface area contributed by atoms with Gasteiger partial charge in [-0.25, -0.2) is 0 Å². The van der Waals surface area contributed by atoms with Gasteiger partial charge in [0.05, 0.1) is 25.0 Å². The number of hydrogen-bond acceptors (Lipinski definition) is 4. The molecule has 94 valence electrons. The fourth-order valence-corrected chi connectivity index (χ4v) is 1.65. The maximum Gasteiger partial charge on any atom is 0.257 e. The van der Waals surface area contributed by atoms with Gasteiger partial charge in [0.25, 0.3) is 5.91 Å². The fourth-order valence-electron chi connectivity index (χ4n) is 1.65. The Balaban J connectivity index is 3.06. The monoisotopic (exact) mass is 238 g/mol. The number of nitrogens with two attached hydrogens (primary N) is 1. The molecule has 0 aliphatic heterocycles. The number of methoxy groups -OCH3 is 1. The molecule has 0 saturated heterocycles. The van der Waals surface area contributed by atoms with Gasteiger partial charge in [-0.1, -0.05) is 6.07 Å². The summed E-state index contributed by atoms with van der Waals surface area (Å²) in [6.07, 6.45) is 0. The third kappa shape index (κ3) is 2.88. The highest BCUT2D eigenvalue weighted by atomic mass is 16.5. The zero-order chi connectivity index (χ0) is 12.8. The van der Waals surface area contributed by atoms with Gasteiger partial charge in [0.1, 0.15) is 0 Å². The van der Waals surface area contributed by atoms with Crippen molar-refractivity contribution in [3.05, 3.63) is 23.8 Å². The molecule has 0 unspecified atom stereocenters. The highest BCUT2D eigenvalue weighted by Gasteiger charge is 2.19. The van der Waals surface area contributed by atoms with E-state index in [4.69, 9.17) is 15.6 Å². The summed E-state index contributed by atoms with van der Waals surface area (Å²) in [5, 5.41) is 8.89. The van der Waals surface area contributed by atoms with Crippen LogP contribution in [-0.2, 0) is 0 Å². The van der Waals surface area contributed by atoms with E-state index < -0.39 is 0 Å². The van der Waals surface area contributed by atoms with Crippen LogP contribution in [0, 0.1) is 0 Å². The van der Waals surface area contributed by atoms with E-state index in [1.807, 2.05) is 6.92 Å². The van der Waals surface area contributed by atoms with Crippen molar-refractivity contribution in [2.24, 2.45) is 0 Å². The molecule has 0 atom stereocenters. The molecule has 1 rings (SSSR count). The normalized spacial score (nSPS) is 10.1. The van der Waals surface area contributed by atoms with Crippen molar-refractivity contribution in [3.8, 4) is 5.75 Å². The molecule has 0 fully saturated rings. The van der Waals surface area contributed by atoms with Gasteiger partial charge >= 0.3 is 0 Å². The number of aliphatic hydroxyl groups is 1. The summed E-state index contributed by atoms with van der Waals surface area (Å²) >= 11 is 0. The lowest BCUT2D eigenvalue weighted by Crippen LogP contribution is -2.33. The number of aliphatic hydroxyl groups excluding tert-OH is 1. The average molecular weight is 238 g/mol. The second-order valence-electron chi connectivity index (χ2n) is 3.54. The molecule has 3 N–H and O–H groups in total.